The average Bonchev–Trinajstić information content (AvgIpc) is 3.13. The van der Waals surface area contributed by atoms with Gasteiger partial charge in [-0.15, -0.1) is 13.2 Å². The zero-order valence-electron chi connectivity index (χ0n) is 20.1. The lowest BCUT2D eigenvalue weighted by atomic mass is 9.96. The SMILES string of the molecule is CC(C)(N[C@@H]1C[C@H](c2cccc(O)c2)N(c2ccc(OC(F)(F)F)cc2)C1=O)c1cccc(C(F)(F)F)n1. The predicted molar refractivity (Wildman–Crippen MR) is 125 cm³/mol. The van der Waals surface area contributed by atoms with Crippen molar-refractivity contribution in [1.29, 1.82) is 0 Å². The normalized spacial score (nSPS) is 18.6. The van der Waals surface area contributed by atoms with Gasteiger partial charge in [-0.05, 0) is 74.4 Å². The Morgan fingerprint density at radius 3 is 2.18 bits per heavy atom. The molecule has 1 aliphatic rings. The molecule has 38 heavy (non-hydrogen) atoms. The molecule has 3 aromatic rings. The van der Waals surface area contributed by atoms with Crippen LogP contribution in [-0.4, -0.2) is 28.4 Å². The Hall–Kier alpha value is -3.80. The van der Waals surface area contributed by atoms with E-state index in [2.05, 4.69) is 15.0 Å². The molecule has 0 unspecified atom stereocenters. The van der Waals surface area contributed by atoms with Crippen LogP contribution in [0.25, 0.3) is 0 Å². The van der Waals surface area contributed by atoms with Gasteiger partial charge in [0.15, 0.2) is 0 Å². The van der Waals surface area contributed by atoms with Crippen LogP contribution >= 0.6 is 0 Å². The van der Waals surface area contributed by atoms with Crippen LogP contribution in [0.5, 0.6) is 11.5 Å². The molecular weight excluding hydrogens is 516 g/mol. The fourth-order valence-electron chi connectivity index (χ4n) is 4.45. The lowest BCUT2D eigenvalue weighted by molar-refractivity contribution is -0.274. The predicted octanol–water partition coefficient (Wildman–Crippen LogP) is 6.08. The summed E-state index contributed by atoms with van der Waals surface area (Å²) in [5.74, 6) is -0.968. The summed E-state index contributed by atoms with van der Waals surface area (Å²) in [6, 6.07) is 12.9. The Morgan fingerprint density at radius 2 is 1.58 bits per heavy atom. The van der Waals surface area contributed by atoms with E-state index in [9.17, 15) is 36.2 Å². The standard InChI is InChI=1S/C26H23F6N3O3/c1-24(2,21-7-4-8-22(33-21)25(27,28)29)34-19-14-20(15-5-3-6-17(36)13-15)35(23(19)37)16-9-11-18(12-10-16)38-26(30,31)32/h3-13,19-20,34,36H,14H2,1-2H3/t19-,20-/m1/s1. The van der Waals surface area contributed by atoms with E-state index in [1.807, 2.05) is 0 Å². The number of phenols is 1. The lowest BCUT2D eigenvalue weighted by Gasteiger charge is -2.29. The molecule has 202 valence electrons. The second-order valence-corrected chi connectivity index (χ2v) is 9.32. The van der Waals surface area contributed by atoms with E-state index in [4.69, 9.17) is 0 Å². The van der Waals surface area contributed by atoms with Crippen LogP contribution in [0.3, 0.4) is 0 Å². The van der Waals surface area contributed by atoms with Crippen LogP contribution in [-0.2, 0) is 16.5 Å². The van der Waals surface area contributed by atoms with Crippen molar-refractivity contribution >= 4 is 11.6 Å². The Labute approximate surface area is 213 Å². The zero-order valence-corrected chi connectivity index (χ0v) is 20.1. The zero-order chi connectivity index (χ0) is 27.9. The van der Waals surface area contributed by atoms with Gasteiger partial charge in [-0.25, -0.2) is 4.98 Å². The number of ether oxygens (including phenoxy) is 1. The van der Waals surface area contributed by atoms with Gasteiger partial charge in [0.2, 0.25) is 5.91 Å². The highest BCUT2D eigenvalue weighted by Gasteiger charge is 2.44. The number of rotatable bonds is 6. The molecular formula is C26H23F6N3O3. The monoisotopic (exact) mass is 539 g/mol. The summed E-state index contributed by atoms with van der Waals surface area (Å²) < 4.78 is 81.3. The first-order valence-electron chi connectivity index (χ1n) is 11.4. The maximum absolute atomic E-state index is 13.6. The summed E-state index contributed by atoms with van der Waals surface area (Å²) in [5, 5.41) is 13.1. The van der Waals surface area contributed by atoms with Gasteiger partial charge < -0.3 is 14.7 Å². The van der Waals surface area contributed by atoms with Crippen molar-refractivity contribution in [1.82, 2.24) is 10.3 Å². The second kappa shape index (κ2) is 9.82. The minimum absolute atomic E-state index is 0.0475. The van der Waals surface area contributed by atoms with Crippen LogP contribution in [0.2, 0.25) is 0 Å². The van der Waals surface area contributed by atoms with E-state index in [1.54, 1.807) is 26.0 Å². The first kappa shape index (κ1) is 27.2. The number of aromatic nitrogens is 1. The maximum Gasteiger partial charge on any atom is 0.573 e. The highest BCUT2D eigenvalue weighted by molar-refractivity contribution is 6.00. The van der Waals surface area contributed by atoms with Crippen molar-refractivity contribution in [3.05, 3.63) is 83.7 Å². The Morgan fingerprint density at radius 1 is 0.947 bits per heavy atom. The second-order valence-electron chi connectivity index (χ2n) is 9.32. The maximum atomic E-state index is 13.6. The van der Waals surface area contributed by atoms with E-state index in [0.717, 1.165) is 18.2 Å². The highest BCUT2D eigenvalue weighted by Crippen LogP contribution is 2.40. The summed E-state index contributed by atoms with van der Waals surface area (Å²) in [6.45, 7) is 3.19. The molecule has 2 aromatic carbocycles. The van der Waals surface area contributed by atoms with Crippen molar-refractivity contribution < 1.29 is 41.0 Å². The number of nitrogens with one attached hydrogen (secondary N) is 1. The van der Waals surface area contributed by atoms with E-state index in [1.165, 1.54) is 41.3 Å². The topological polar surface area (TPSA) is 74.7 Å². The number of alkyl halides is 6. The lowest BCUT2D eigenvalue weighted by Crippen LogP contribution is -2.48. The van der Waals surface area contributed by atoms with Crippen molar-refractivity contribution in [2.24, 2.45) is 0 Å². The first-order valence-corrected chi connectivity index (χ1v) is 11.4. The number of carbonyl (C=O) groups excluding carboxylic acids is 1. The fourth-order valence-corrected chi connectivity index (χ4v) is 4.45. The number of carbonyl (C=O) groups is 1. The Bertz CT molecular complexity index is 1310. The van der Waals surface area contributed by atoms with Gasteiger partial charge in [-0.3, -0.25) is 10.1 Å². The number of hydrogen-bond acceptors (Lipinski definition) is 5. The molecule has 1 amide bonds. The molecule has 1 saturated heterocycles. The van der Waals surface area contributed by atoms with Crippen molar-refractivity contribution in [2.45, 2.75) is 50.4 Å². The molecule has 1 aliphatic heterocycles. The van der Waals surface area contributed by atoms with Crippen molar-refractivity contribution in [3.63, 3.8) is 0 Å². The van der Waals surface area contributed by atoms with Gasteiger partial charge in [0, 0.05) is 5.69 Å². The average molecular weight is 539 g/mol. The van der Waals surface area contributed by atoms with E-state index < -0.39 is 47.5 Å². The largest absolute Gasteiger partial charge is 0.573 e. The van der Waals surface area contributed by atoms with E-state index in [-0.39, 0.29) is 23.6 Å². The summed E-state index contributed by atoms with van der Waals surface area (Å²) in [5.41, 5.74) is -1.32. The van der Waals surface area contributed by atoms with Gasteiger partial charge in [-0.1, -0.05) is 18.2 Å². The van der Waals surface area contributed by atoms with E-state index >= 15 is 0 Å². The molecule has 2 N–H and O–H groups in total. The smallest absolute Gasteiger partial charge is 0.508 e. The Kier molecular flexibility index (Phi) is 7.04. The summed E-state index contributed by atoms with van der Waals surface area (Å²) in [4.78, 5) is 18.7. The molecule has 2 atom stereocenters. The minimum Gasteiger partial charge on any atom is -0.508 e. The van der Waals surface area contributed by atoms with Gasteiger partial charge in [0.1, 0.15) is 17.2 Å². The number of halogens is 6. The number of pyridine rings is 1. The third kappa shape index (κ3) is 6.01. The molecule has 12 heteroatoms. The molecule has 0 aliphatic carbocycles. The fraction of sp³-hybridized carbons (Fsp3) is 0.308. The molecule has 6 nitrogen and oxygen atoms in total. The van der Waals surface area contributed by atoms with Crippen LogP contribution in [0.4, 0.5) is 32.0 Å². The van der Waals surface area contributed by atoms with Crippen LogP contribution < -0.4 is 15.0 Å². The molecule has 1 fully saturated rings. The summed E-state index contributed by atoms with van der Waals surface area (Å²) in [6.07, 6.45) is -9.37. The highest BCUT2D eigenvalue weighted by atomic mass is 19.4. The third-order valence-electron chi connectivity index (χ3n) is 6.12. The van der Waals surface area contributed by atoms with Crippen LogP contribution in [0.1, 0.15) is 43.3 Å². The van der Waals surface area contributed by atoms with E-state index in [0.29, 0.717) is 5.56 Å². The number of hydrogen-bond donors (Lipinski definition) is 2. The van der Waals surface area contributed by atoms with Gasteiger partial charge in [0.25, 0.3) is 0 Å². The molecule has 0 saturated carbocycles. The number of nitrogens with zero attached hydrogens (tertiary/aromatic N) is 2. The number of aromatic hydroxyl groups is 1. The van der Waals surface area contributed by atoms with Crippen LogP contribution in [0, 0.1) is 0 Å². The molecule has 2 heterocycles. The first-order chi connectivity index (χ1) is 17.6. The number of amides is 1. The molecule has 0 radical (unpaired) electrons. The van der Waals surface area contributed by atoms with Crippen LogP contribution in [0.15, 0.2) is 66.7 Å². The quantitative estimate of drug-likeness (QED) is 0.372. The summed E-state index contributed by atoms with van der Waals surface area (Å²) in [7, 11) is 0. The third-order valence-corrected chi connectivity index (χ3v) is 6.12. The molecule has 0 bridgehead atoms. The van der Waals surface area contributed by atoms with Gasteiger partial charge in [-0.2, -0.15) is 13.2 Å². The number of benzene rings is 2. The number of phenolic OH excluding ortho intramolecular Hbond substituents is 1. The van der Waals surface area contributed by atoms with Crippen molar-refractivity contribution in [2.75, 3.05) is 4.90 Å². The van der Waals surface area contributed by atoms with Gasteiger partial charge >= 0.3 is 12.5 Å². The number of anilines is 1. The van der Waals surface area contributed by atoms with Crippen molar-refractivity contribution in [3.8, 4) is 11.5 Å². The molecule has 0 spiro atoms. The summed E-state index contributed by atoms with van der Waals surface area (Å²) >= 11 is 0. The van der Waals surface area contributed by atoms with Gasteiger partial charge in [0.05, 0.1) is 23.3 Å². The molecule has 1 aromatic heterocycles. The Balaban J connectivity index is 1.66. The molecule has 4 rings (SSSR count). The minimum atomic E-state index is -4.88.